The molecule has 0 atom stereocenters. The molecule has 0 bridgehead atoms. The van der Waals surface area contributed by atoms with E-state index >= 15 is 0 Å². The second kappa shape index (κ2) is 7.16. The molecule has 2 aromatic rings. The van der Waals surface area contributed by atoms with Crippen LogP contribution in [0.5, 0.6) is 5.75 Å². The first-order valence-electron chi connectivity index (χ1n) is 6.61. The quantitative estimate of drug-likeness (QED) is 0.553. The highest BCUT2D eigenvalue weighted by atomic mass is 79.9. The van der Waals surface area contributed by atoms with Gasteiger partial charge in [0.05, 0.1) is 21.4 Å². The van der Waals surface area contributed by atoms with Gasteiger partial charge in [0.1, 0.15) is 11.4 Å². The molecule has 0 unspecified atom stereocenters. The third-order valence-corrected chi connectivity index (χ3v) is 5.24. The zero-order chi connectivity index (χ0) is 17.9. The van der Waals surface area contributed by atoms with Gasteiger partial charge in [0.2, 0.25) is 10.0 Å². The van der Waals surface area contributed by atoms with Crippen LogP contribution in [0.2, 0.25) is 0 Å². The van der Waals surface area contributed by atoms with Gasteiger partial charge >= 0.3 is 0 Å². The van der Waals surface area contributed by atoms with Gasteiger partial charge < -0.3 is 10.1 Å². The number of nitro benzene ring substituents is 1. The maximum atomic E-state index is 11.8. The third kappa shape index (κ3) is 3.83. The van der Waals surface area contributed by atoms with Crippen LogP contribution in [0.4, 0.5) is 17.1 Å². The summed E-state index contributed by atoms with van der Waals surface area (Å²) in [5, 5.41) is 14.2. The molecule has 0 aromatic heterocycles. The lowest BCUT2D eigenvalue weighted by molar-refractivity contribution is -0.384. The van der Waals surface area contributed by atoms with Crippen molar-refractivity contribution < 1.29 is 18.1 Å². The number of benzene rings is 2. The molecule has 0 spiro atoms. The number of hydrogen-bond acceptors (Lipinski definition) is 6. The summed E-state index contributed by atoms with van der Waals surface area (Å²) in [4.78, 5) is 10.4. The fraction of sp³-hybridized carbons (Fsp3) is 0.143. The average molecular weight is 416 g/mol. The molecule has 128 valence electrons. The molecule has 0 saturated heterocycles. The van der Waals surface area contributed by atoms with E-state index in [1.807, 2.05) is 0 Å². The number of anilines is 2. The minimum atomic E-state index is -3.77. The lowest BCUT2D eigenvalue weighted by Crippen LogP contribution is -2.18. The van der Waals surface area contributed by atoms with E-state index in [1.54, 1.807) is 18.2 Å². The molecule has 2 rings (SSSR count). The molecular weight excluding hydrogens is 402 g/mol. The van der Waals surface area contributed by atoms with Gasteiger partial charge in [-0.3, -0.25) is 10.1 Å². The first kappa shape index (κ1) is 18.2. The van der Waals surface area contributed by atoms with Crippen molar-refractivity contribution in [3.8, 4) is 5.75 Å². The van der Waals surface area contributed by atoms with Crippen LogP contribution < -0.4 is 14.8 Å². The minimum absolute atomic E-state index is 0.166. The fourth-order valence-corrected chi connectivity index (χ4v) is 3.10. The smallest absolute Gasteiger partial charge is 0.294 e. The first-order chi connectivity index (χ1) is 11.3. The Labute approximate surface area is 147 Å². The van der Waals surface area contributed by atoms with Gasteiger partial charge in [0, 0.05) is 17.8 Å². The predicted octanol–water partition coefficient (Wildman–Crippen LogP) is 3.02. The Morgan fingerprint density at radius 3 is 2.50 bits per heavy atom. The molecule has 2 N–H and O–H groups in total. The van der Waals surface area contributed by atoms with Crippen molar-refractivity contribution in [1.82, 2.24) is 4.72 Å². The van der Waals surface area contributed by atoms with Crippen molar-refractivity contribution >= 4 is 43.0 Å². The molecule has 2 aromatic carbocycles. The van der Waals surface area contributed by atoms with Crippen LogP contribution in [0, 0.1) is 10.1 Å². The lowest BCUT2D eigenvalue weighted by atomic mass is 10.2. The van der Waals surface area contributed by atoms with E-state index in [-0.39, 0.29) is 16.3 Å². The summed E-state index contributed by atoms with van der Waals surface area (Å²) in [5.74, 6) is 0.553. The summed E-state index contributed by atoms with van der Waals surface area (Å²) in [6, 6.07) is 8.73. The highest BCUT2D eigenvalue weighted by Crippen LogP contribution is 2.33. The second-order valence-electron chi connectivity index (χ2n) is 4.62. The Balaban J connectivity index is 2.45. The number of nitrogens with one attached hydrogen (secondary N) is 2. The molecule has 0 aliphatic rings. The fourth-order valence-electron chi connectivity index (χ4n) is 1.95. The first-order valence-corrected chi connectivity index (χ1v) is 8.88. The van der Waals surface area contributed by atoms with Crippen molar-refractivity contribution in [3.63, 3.8) is 0 Å². The predicted molar refractivity (Wildman–Crippen MR) is 93.3 cm³/mol. The Kier molecular flexibility index (Phi) is 5.42. The van der Waals surface area contributed by atoms with Gasteiger partial charge in [-0.05, 0) is 47.2 Å². The molecule has 0 aliphatic carbocycles. The molecular formula is C14H14BrN3O5S. The van der Waals surface area contributed by atoms with Gasteiger partial charge in [-0.1, -0.05) is 0 Å². The van der Waals surface area contributed by atoms with Crippen LogP contribution in [0.15, 0.2) is 45.8 Å². The molecule has 10 heteroatoms. The van der Waals surface area contributed by atoms with Gasteiger partial charge in [-0.25, -0.2) is 13.1 Å². The number of halogens is 1. The van der Waals surface area contributed by atoms with Crippen molar-refractivity contribution in [2.75, 3.05) is 19.5 Å². The van der Waals surface area contributed by atoms with Crippen molar-refractivity contribution in [3.05, 3.63) is 51.0 Å². The average Bonchev–Trinajstić information content (AvgIpc) is 2.56. The summed E-state index contributed by atoms with van der Waals surface area (Å²) >= 11 is 3.32. The minimum Gasteiger partial charge on any atom is -0.495 e. The summed E-state index contributed by atoms with van der Waals surface area (Å²) in [6.45, 7) is 0. The number of nitrogens with zero attached hydrogens (tertiary/aromatic N) is 1. The maximum absolute atomic E-state index is 11.8. The van der Waals surface area contributed by atoms with Gasteiger partial charge in [-0.2, -0.15) is 0 Å². The van der Waals surface area contributed by atoms with Crippen molar-refractivity contribution in [1.29, 1.82) is 0 Å². The third-order valence-electron chi connectivity index (χ3n) is 3.18. The van der Waals surface area contributed by atoms with Crippen LogP contribution in [0.1, 0.15) is 0 Å². The van der Waals surface area contributed by atoms with E-state index in [0.717, 1.165) is 10.5 Å². The number of methoxy groups -OCH3 is 1. The van der Waals surface area contributed by atoms with E-state index in [2.05, 4.69) is 26.0 Å². The van der Waals surface area contributed by atoms with Crippen LogP contribution in [0.3, 0.4) is 0 Å². The zero-order valence-corrected chi connectivity index (χ0v) is 15.1. The van der Waals surface area contributed by atoms with E-state index in [1.165, 1.54) is 26.3 Å². The molecule has 0 heterocycles. The number of ether oxygens (including phenoxy) is 1. The summed E-state index contributed by atoms with van der Waals surface area (Å²) in [6.07, 6.45) is 0. The molecule has 0 fully saturated rings. The zero-order valence-electron chi connectivity index (χ0n) is 12.7. The van der Waals surface area contributed by atoms with Crippen LogP contribution >= 0.6 is 15.9 Å². The normalized spacial score (nSPS) is 11.1. The summed E-state index contributed by atoms with van der Waals surface area (Å²) < 4.78 is 31.6. The Morgan fingerprint density at radius 1 is 1.21 bits per heavy atom. The standard InChI is InChI=1S/C14H14BrN3O5S/c1-16-24(21,22)10-4-6-12(13(8-10)18(19)20)17-9-3-5-11(15)14(7-9)23-2/h3-8,16-17H,1-2H3. The molecule has 24 heavy (non-hydrogen) atoms. The highest BCUT2D eigenvalue weighted by molar-refractivity contribution is 9.10. The van der Waals surface area contributed by atoms with Crippen molar-refractivity contribution in [2.45, 2.75) is 4.90 Å². The highest BCUT2D eigenvalue weighted by Gasteiger charge is 2.20. The Hall–Kier alpha value is -2.17. The monoisotopic (exact) mass is 415 g/mol. The topological polar surface area (TPSA) is 111 Å². The maximum Gasteiger partial charge on any atom is 0.294 e. The second-order valence-corrected chi connectivity index (χ2v) is 7.36. The van der Waals surface area contributed by atoms with E-state index in [9.17, 15) is 18.5 Å². The van der Waals surface area contributed by atoms with Crippen LogP contribution in [0.25, 0.3) is 0 Å². The molecule has 0 radical (unpaired) electrons. The summed E-state index contributed by atoms with van der Waals surface area (Å²) in [5.41, 5.74) is 0.370. The lowest BCUT2D eigenvalue weighted by Gasteiger charge is -2.11. The van der Waals surface area contributed by atoms with Crippen molar-refractivity contribution in [2.24, 2.45) is 0 Å². The molecule has 0 amide bonds. The van der Waals surface area contributed by atoms with Gasteiger partial charge in [-0.15, -0.1) is 0 Å². The Bertz CT molecular complexity index is 886. The van der Waals surface area contributed by atoms with E-state index < -0.39 is 14.9 Å². The molecule has 0 saturated carbocycles. The van der Waals surface area contributed by atoms with Gasteiger partial charge in [0.25, 0.3) is 5.69 Å². The summed E-state index contributed by atoms with van der Waals surface area (Å²) in [7, 11) is -1.03. The van der Waals surface area contributed by atoms with Crippen LogP contribution in [-0.2, 0) is 10.0 Å². The SMILES string of the molecule is CNS(=O)(=O)c1ccc(Nc2ccc(Br)c(OC)c2)c([N+](=O)[O-])c1. The number of nitro groups is 1. The van der Waals surface area contributed by atoms with Crippen LogP contribution in [-0.4, -0.2) is 27.5 Å². The molecule has 0 aliphatic heterocycles. The number of hydrogen-bond donors (Lipinski definition) is 2. The Morgan fingerprint density at radius 2 is 1.92 bits per heavy atom. The van der Waals surface area contributed by atoms with E-state index in [0.29, 0.717) is 11.4 Å². The van der Waals surface area contributed by atoms with Gasteiger partial charge in [0.15, 0.2) is 0 Å². The largest absolute Gasteiger partial charge is 0.495 e. The van der Waals surface area contributed by atoms with E-state index in [4.69, 9.17) is 4.74 Å². The number of rotatable bonds is 6. The molecule has 8 nitrogen and oxygen atoms in total. The number of sulfonamides is 1.